The number of hydrogen-bond donors (Lipinski definition) is 1. The lowest BCUT2D eigenvalue weighted by Crippen LogP contribution is -2.29. The van der Waals surface area contributed by atoms with Gasteiger partial charge >= 0.3 is 7.82 Å². The van der Waals surface area contributed by atoms with Gasteiger partial charge in [0.2, 0.25) is 11.6 Å². The summed E-state index contributed by atoms with van der Waals surface area (Å²) in [5.41, 5.74) is 1.89. The SMILES string of the molecule is CCCCOOP(=O)(O)OCC.O=C1C=C(N2CC2)C(=O)C(N2CC2)=C1N1CC1. The molecule has 29 heavy (non-hydrogen) atoms. The van der Waals surface area contributed by atoms with Gasteiger partial charge in [-0.1, -0.05) is 13.3 Å². The van der Waals surface area contributed by atoms with Crippen molar-refractivity contribution >= 4 is 19.4 Å². The number of allylic oxidation sites excluding steroid dienone is 1. The maximum Gasteiger partial charge on any atom is 0.499 e. The van der Waals surface area contributed by atoms with Gasteiger partial charge in [0.05, 0.1) is 18.9 Å². The third kappa shape index (κ3) is 6.13. The molecule has 0 saturated carbocycles. The maximum absolute atomic E-state index is 12.4. The largest absolute Gasteiger partial charge is 0.499 e. The number of Topliss-reactive ketones (excluding diaryl/α,β-unsaturated/α-hetero) is 1. The average molecular weight is 429 g/mol. The minimum Gasteiger partial charge on any atom is -0.365 e. The van der Waals surface area contributed by atoms with Crippen LogP contribution in [0.25, 0.3) is 0 Å². The van der Waals surface area contributed by atoms with Crippen LogP contribution < -0.4 is 0 Å². The predicted molar refractivity (Wildman–Crippen MR) is 103 cm³/mol. The molecule has 1 atom stereocenters. The van der Waals surface area contributed by atoms with Crippen LogP contribution in [0.4, 0.5) is 0 Å². The van der Waals surface area contributed by atoms with E-state index < -0.39 is 7.82 Å². The fourth-order valence-electron chi connectivity index (χ4n) is 2.77. The first kappa shape index (κ1) is 22.0. The van der Waals surface area contributed by atoms with E-state index in [2.05, 4.69) is 14.1 Å². The molecule has 1 unspecified atom stereocenters. The highest BCUT2D eigenvalue weighted by Crippen LogP contribution is 2.43. The van der Waals surface area contributed by atoms with Crippen LogP contribution in [0.2, 0.25) is 0 Å². The highest BCUT2D eigenvalue weighted by Gasteiger charge is 2.43. The van der Waals surface area contributed by atoms with Gasteiger partial charge in [0.1, 0.15) is 11.4 Å². The summed E-state index contributed by atoms with van der Waals surface area (Å²) in [7, 11) is -3.95. The number of carbonyl (C=O) groups excluding carboxylic acids is 2. The highest BCUT2D eigenvalue weighted by atomic mass is 31.2. The zero-order valence-corrected chi connectivity index (χ0v) is 17.7. The molecule has 10 nitrogen and oxygen atoms in total. The molecule has 0 aromatic heterocycles. The molecule has 3 aliphatic heterocycles. The van der Waals surface area contributed by atoms with E-state index in [9.17, 15) is 14.2 Å². The van der Waals surface area contributed by atoms with Crippen molar-refractivity contribution in [2.45, 2.75) is 26.7 Å². The number of carbonyl (C=O) groups is 2. The van der Waals surface area contributed by atoms with Crippen molar-refractivity contribution in [2.75, 3.05) is 52.5 Å². The fourth-order valence-corrected chi connectivity index (χ4v) is 3.34. The Labute approximate surface area is 170 Å². The molecule has 0 spiro atoms. The average Bonchev–Trinajstić information content (AvgIpc) is 3.52. The molecule has 3 saturated heterocycles. The predicted octanol–water partition coefficient (Wildman–Crippen LogP) is 1.05. The normalized spacial score (nSPS) is 22.2. The molecule has 4 rings (SSSR count). The maximum atomic E-state index is 12.4. The standard InChI is InChI=1S/C12H13N3O2.C6H15O5P/c16-9-7-8(13-1-2-13)12(17)11(15-5-6-15)10(9)14-3-4-14;1-3-5-6-9-11-12(7,8)10-4-2/h7H,1-6H2;3-6H2,1-2H3,(H,7,8). The van der Waals surface area contributed by atoms with E-state index in [1.807, 2.05) is 21.6 Å². The molecule has 3 fully saturated rings. The van der Waals surface area contributed by atoms with Crippen LogP contribution >= 0.6 is 7.82 Å². The number of phosphoric ester groups is 1. The molecule has 0 bridgehead atoms. The van der Waals surface area contributed by atoms with E-state index in [4.69, 9.17) is 4.89 Å². The Bertz CT molecular complexity index is 755. The Balaban J connectivity index is 0.000000179. The number of phosphoric acid groups is 1. The van der Waals surface area contributed by atoms with Gasteiger partial charge < -0.3 is 19.6 Å². The monoisotopic (exact) mass is 429 g/mol. The van der Waals surface area contributed by atoms with Gasteiger partial charge in [0, 0.05) is 45.3 Å². The van der Waals surface area contributed by atoms with Gasteiger partial charge in [-0.3, -0.25) is 14.1 Å². The van der Waals surface area contributed by atoms with Crippen LogP contribution in [0.15, 0.2) is 23.2 Å². The highest BCUT2D eigenvalue weighted by molar-refractivity contribution is 7.47. The lowest BCUT2D eigenvalue weighted by molar-refractivity contribution is -0.224. The molecular formula is C18H28N3O7P. The molecule has 0 radical (unpaired) electrons. The summed E-state index contributed by atoms with van der Waals surface area (Å²) >= 11 is 0. The minimum atomic E-state index is -3.95. The summed E-state index contributed by atoms with van der Waals surface area (Å²) in [6.07, 6.45) is 3.25. The first-order valence-electron chi connectivity index (χ1n) is 9.96. The second-order valence-corrected chi connectivity index (χ2v) is 8.36. The fraction of sp³-hybridized carbons (Fsp3) is 0.667. The number of ketones is 2. The second kappa shape index (κ2) is 9.40. The Kier molecular flexibility index (Phi) is 7.13. The van der Waals surface area contributed by atoms with Crippen molar-refractivity contribution in [3.63, 3.8) is 0 Å². The van der Waals surface area contributed by atoms with Gasteiger partial charge in [-0.25, -0.2) is 9.45 Å². The molecule has 11 heteroatoms. The van der Waals surface area contributed by atoms with Gasteiger partial charge in [0.25, 0.3) is 0 Å². The smallest absolute Gasteiger partial charge is 0.365 e. The molecule has 1 N–H and O–H groups in total. The summed E-state index contributed by atoms with van der Waals surface area (Å²) in [6, 6.07) is 0. The number of unbranched alkanes of at least 4 members (excludes halogenated alkanes) is 1. The molecule has 0 aromatic rings. The Hall–Kier alpha value is -1.71. The topological polar surface area (TPSA) is 108 Å². The Morgan fingerprint density at radius 1 is 1.00 bits per heavy atom. The third-order valence-electron chi connectivity index (χ3n) is 4.51. The van der Waals surface area contributed by atoms with Crippen molar-refractivity contribution in [3.8, 4) is 0 Å². The van der Waals surface area contributed by atoms with Crippen molar-refractivity contribution < 1.29 is 33.1 Å². The molecule has 0 aromatic carbocycles. The van der Waals surface area contributed by atoms with Crippen molar-refractivity contribution in [3.05, 3.63) is 23.2 Å². The molecule has 4 aliphatic rings. The lowest BCUT2D eigenvalue weighted by Gasteiger charge is -2.21. The van der Waals surface area contributed by atoms with E-state index in [-0.39, 0.29) is 18.2 Å². The van der Waals surface area contributed by atoms with Crippen molar-refractivity contribution in [1.29, 1.82) is 0 Å². The summed E-state index contributed by atoms with van der Waals surface area (Å²) < 4.78 is 19.3. The molecule has 162 valence electrons. The number of hydrogen-bond acceptors (Lipinski definition) is 9. The van der Waals surface area contributed by atoms with Gasteiger partial charge in [-0.2, -0.15) is 0 Å². The van der Waals surface area contributed by atoms with Gasteiger partial charge in [-0.05, 0) is 13.3 Å². The van der Waals surface area contributed by atoms with E-state index in [0.29, 0.717) is 23.7 Å². The zero-order chi connectivity index (χ0) is 21.0. The van der Waals surface area contributed by atoms with Gasteiger partial charge in [0.15, 0.2) is 0 Å². The van der Waals surface area contributed by atoms with Gasteiger partial charge in [-0.15, -0.1) is 4.67 Å². The van der Waals surface area contributed by atoms with E-state index in [0.717, 1.165) is 52.1 Å². The summed E-state index contributed by atoms with van der Waals surface area (Å²) in [5, 5.41) is 0. The van der Waals surface area contributed by atoms with E-state index in [1.54, 1.807) is 6.92 Å². The lowest BCUT2D eigenvalue weighted by atomic mass is 10.0. The van der Waals surface area contributed by atoms with Crippen molar-refractivity contribution in [1.82, 2.24) is 14.7 Å². The van der Waals surface area contributed by atoms with Crippen molar-refractivity contribution in [2.24, 2.45) is 0 Å². The first-order chi connectivity index (χ1) is 13.9. The van der Waals surface area contributed by atoms with Crippen LogP contribution in [-0.4, -0.2) is 83.6 Å². The molecule has 3 heterocycles. The minimum absolute atomic E-state index is 0.00546. The van der Waals surface area contributed by atoms with Crippen LogP contribution in [0.1, 0.15) is 26.7 Å². The van der Waals surface area contributed by atoms with Crippen LogP contribution in [0, 0.1) is 0 Å². The van der Waals surface area contributed by atoms with Crippen LogP contribution in [-0.2, 0) is 28.2 Å². The molecule has 1 aliphatic carbocycles. The molecule has 0 amide bonds. The summed E-state index contributed by atoms with van der Waals surface area (Å²) in [5.74, 6) is 0.0485. The Morgan fingerprint density at radius 2 is 1.59 bits per heavy atom. The summed E-state index contributed by atoms with van der Waals surface area (Å²) in [4.78, 5) is 43.7. The summed E-state index contributed by atoms with van der Waals surface area (Å²) in [6.45, 7) is 9.39. The van der Waals surface area contributed by atoms with E-state index >= 15 is 0 Å². The van der Waals surface area contributed by atoms with Crippen LogP contribution in [0.5, 0.6) is 0 Å². The number of nitrogens with zero attached hydrogens (tertiary/aromatic N) is 3. The molecular weight excluding hydrogens is 401 g/mol. The third-order valence-corrected chi connectivity index (χ3v) is 5.39. The van der Waals surface area contributed by atoms with Crippen LogP contribution in [0.3, 0.4) is 0 Å². The zero-order valence-electron chi connectivity index (χ0n) is 16.8. The first-order valence-corrected chi connectivity index (χ1v) is 11.5. The quantitative estimate of drug-likeness (QED) is 0.135. The second-order valence-electron chi connectivity index (χ2n) is 7.02. The Morgan fingerprint density at radius 3 is 2.10 bits per heavy atom. The number of rotatable bonds is 10. The van der Waals surface area contributed by atoms with E-state index in [1.165, 1.54) is 6.08 Å².